The Morgan fingerprint density at radius 2 is 2.26 bits per heavy atom. The summed E-state index contributed by atoms with van der Waals surface area (Å²) in [4.78, 5) is 0.240. The molecule has 0 aromatic carbocycles. The summed E-state index contributed by atoms with van der Waals surface area (Å²) in [6, 6.07) is 2.17. The van der Waals surface area contributed by atoms with Crippen LogP contribution in [-0.4, -0.2) is 32.4 Å². The van der Waals surface area contributed by atoms with Crippen molar-refractivity contribution in [2.45, 2.75) is 37.2 Å². The predicted octanol–water partition coefficient (Wildman–Crippen LogP) is 1.65. The first kappa shape index (κ1) is 14.3. The lowest BCUT2D eigenvalue weighted by molar-refractivity contribution is 0.453. The van der Waals surface area contributed by atoms with Crippen molar-refractivity contribution in [1.29, 1.82) is 0 Å². The zero-order valence-electron chi connectivity index (χ0n) is 11.3. The number of aryl methyl sites for hydroxylation is 1. The summed E-state index contributed by atoms with van der Waals surface area (Å²) in [5.74, 6) is 1.10. The van der Waals surface area contributed by atoms with Gasteiger partial charge in [-0.05, 0) is 19.8 Å². The summed E-state index contributed by atoms with van der Waals surface area (Å²) >= 11 is 0. The van der Waals surface area contributed by atoms with E-state index in [9.17, 15) is 8.42 Å². The molecule has 0 aliphatic heterocycles. The molecule has 6 heteroatoms. The van der Waals surface area contributed by atoms with E-state index in [1.54, 1.807) is 19.1 Å². The minimum absolute atomic E-state index is 0.240. The fourth-order valence-corrected chi connectivity index (χ4v) is 3.17. The molecule has 1 aliphatic carbocycles. The van der Waals surface area contributed by atoms with Crippen LogP contribution in [0.2, 0.25) is 0 Å². The van der Waals surface area contributed by atoms with E-state index in [2.05, 4.69) is 11.9 Å². The molecule has 0 unspecified atom stereocenters. The van der Waals surface area contributed by atoms with Crippen LogP contribution in [0, 0.1) is 6.92 Å². The van der Waals surface area contributed by atoms with E-state index in [4.69, 9.17) is 4.42 Å². The van der Waals surface area contributed by atoms with Gasteiger partial charge >= 0.3 is 0 Å². The van der Waals surface area contributed by atoms with Crippen LogP contribution in [0.4, 0.5) is 0 Å². The van der Waals surface area contributed by atoms with Gasteiger partial charge in [0, 0.05) is 25.7 Å². The summed E-state index contributed by atoms with van der Waals surface area (Å²) < 4.78 is 31.4. The number of hydrogen-bond donors (Lipinski definition) is 1. The maximum atomic E-state index is 12.3. The van der Waals surface area contributed by atoms with Gasteiger partial charge in [-0.1, -0.05) is 6.08 Å². The molecule has 1 N–H and O–H groups in total. The van der Waals surface area contributed by atoms with E-state index in [-0.39, 0.29) is 11.4 Å². The normalized spacial score (nSPS) is 15.9. The highest BCUT2D eigenvalue weighted by atomic mass is 32.2. The maximum absolute atomic E-state index is 12.3. The van der Waals surface area contributed by atoms with E-state index < -0.39 is 10.0 Å². The van der Waals surface area contributed by atoms with Crippen LogP contribution in [0.15, 0.2) is 28.0 Å². The summed E-state index contributed by atoms with van der Waals surface area (Å²) in [6.07, 6.45) is 3.93. The molecule has 2 rings (SSSR count). The Morgan fingerprint density at radius 3 is 2.84 bits per heavy atom. The molecule has 1 saturated carbocycles. The summed E-state index contributed by atoms with van der Waals surface area (Å²) in [7, 11) is -1.96. The van der Waals surface area contributed by atoms with E-state index in [1.807, 2.05) is 0 Å². The lowest BCUT2D eigenvalue weighted by Gasteiger charge is -2.13. The summed E-state index contributed by atoms with van der Waals surface area (Å²) in [5, 5.41) is 3.30. The maximum Gasteiger partial charge on any atom is 0.246 e. The largest absolute Gasteiger partial charge is 0.464 e. The van der Waals surface area contributed by atoms with Crippen LogP contribution in [0.1, 0.15) is 24.4 Å². The Kier molecular flexibility index (Phi) is 4.13. The molecule has 5 nitrogen and oxygen atoms in total. The number of rotatable bonds is 7. The van der Waals surface area contributed by atoms with E-state index in [0.29, 0.717) is 24.1 Å². The van der Waals surface area contributed by atoms with E-state index in [0.717, 1.165) is 0 Å². The predicted molar refractivity (Wildman–Crippen MR) is 73.3 cm³/mol. The van der Waals surface area contributed by atoms with Crippen molar-refractivity contribution < 1.29 is 12.8 Å². The monoisotopic (exact) mass is 284 g/mol. The standard InChI is InChI=1S/C13H20N2O3S/c1-4-7-15(3)19(16,17)13-8-12(18-10(13)2)9-14-11-5-6-11/h4,8,11,14H,1,5-7,9H2,2-3H3. The number of sulfonamides is 1. The van der Waals surface area contributed by atoms with Crippen LogP contribution >= 0.6 is 0 Å². The second-order valence-corrected chi connectivity index (χ2v) is 6.88. The Balaban J connectivity index is 2.16. The van der Waals surface area contributed by atoms with Crippen molar-refractivity contribution in [3.05, 3.63) is 30.2 Å². The molecule has 0 saturated heterocycles. The molecule has 0 atom stereocenters. The first-order valence-electron chi connectivity index (χ1n) is 6.35. The third kappa shape index (κ3) is 3.26. The van der Waals surface area contributed by atoms with Gasteiger partial charge in [0.15, 0.2) is 0 Å². The Labute approximate surface area is 114 Å². The zero-order valence-corrected chi connectivity index (χ0v) is 12.2. The molecule has 0 bridgehead atoms. The topological polar surface area (TPSA) is 62.6 Å². The van der Waals surface area contributed by atoms with Crippen molar-refractivity contribution >= 4 is 10.0 Å². The Hall–Kier alpha value is -1.11. The third-order valence-corrected chi connectivity index (χ3v) is 5.07. The van der Waals surface area contributed by atoms with E-state index >= 15 is 0 Å². The van der Waals surface area contributed by atoms with Gasteiger partial charge in [-0.25, -0.2) is 8.42 Å². The fourth-order valence-electron chi connectivity index (χ4n) is 1.85. The molecule has 106 valence electrons. The molecule has 1 aromatic rings. The second-order valence-electron chi connectivity index (χ2n) is 4.86. The first-order valence-corrected chi connectivity index (χ1v) is 7.79. The van der Waals surface area contributed by atoms with Crippen molar-refractivity contribution in [3.63, 3.8) is 0 Å². The van der Waals surface area contributed by atoms with Crippen LogP contribution < -0.4 is 5.32 Å². The van der Waals surface area contributed by atoms with Gasteiger partial charge in [-0.2, -0.15) is 4.31 Å². The van der Waals surface area contributed by atoms with Gasteiger partial charge in [0.05, 0.1) is 6.54 Å². The first-order chi connectivity index (χ1) is 8.95. The highest BCUT2D eigenvalue weighted by Crippen LogP contribution is 2.24. The molecular weight excluding hydrogens is 264 g/mol. The molecule has 0 amide bonds. The van der Waals surface area contributed by atoms with Gasteiger partial charge in [-0.3, -0.25) is 0 Å². The number of furan rings is 1. The van der Waals surface area contributed by atoms with Crippen LogP contribution in [0.5, 0.6) is 0 Å². The summed E-state index contributed by atoms with van der Waals surface area (Å²) in [6.45, 7) is 6.08. The molecule has 19 heavy (non-hydrogen) atoms. The Morgan fingerprint density at radius 1 is 1.58 bits per heavy atom. The zero-order chi connectivity index (χ0) is 14.0. The van der Waals surface area contributed by atoms with Gasteiger partial charge in [0.2, 0.25) is 10.0 Å². The average molecular weight is 284 g/mol. The third-order valence-electron chi connectivity index (χ3n) is 3.14. The van der Waals surface area contributed by atoms with Crippen molar-refractivity contribution in [3.8, 4) is 0 Å². The van der Waals surface area contributed by atoms with Gasteiger partial charge in [0.1, 0.15) is 16.4 Å². The van der Waals surface area contributed by atoms with Gasteiger partial charge in [0.25, 0.3) is 0 Å². The lowest BCUT2D eigenvalue weighted by atomic mass is 10.4. The molecule has 0 radical (unpaired) electrons. The average Bonchev–Trinajstić information content (AvgIpc) is 3.10. The number of nitrogens with zero attached hydrogens (tertiary/aromatic N) is 1. The smallest absolute Gasteiger partial charge is 0.246 e. The van der Waals surface area contributed by atoms with Gasteiger partial charge < -0.3 is 9.73 Å². The molecule has 0 spiro atoms. The molecule has 1 fully saturated rings. The quantitative estimate of drug-likeness (QED) is 0.773. The second kappa shape index (κ2) is 5.48. The van der Waals surface area contributed by atoms with Crippen molar-refractivity contribution in [2.75, 3.05) is 13.6 Å². The van der Waals surface area contributed by atoms with Crippen LogP contribution in [0.25, 0.3) is 0 Å². The van der Waals surface area contributed by atoms with Crippen molar-refractivity contribution in [2.24, 2.45) is 0 Å². The summed E-state index contributed by atoms with van der Waals surface area (Å²) in [5.41, 5.74) is 0. The van der Waals surface area contributed by atoms with Gasteiger partial charge in [-0.15, -0.1) is 6.58 Å². The molecule has 1 aliphatic rings. The minimum Gasteiger partial charge on any atom is -0.464 e. The lowest BCUT2D eigenvalue weighted by Crippen LogP contribution is -2.27. The SMILES string of the molecule is C=CCN(C)S(=O)(=O)c1cc(CNC2CC2)oc1C. The molecule has 1 aromatic heterocycles. The fraction of sp³-hybridized carbons (Fsp3) is 0.538. The Bertz CT molecular complexity index is 558. The molecular formula is C13H20N2O3S. The van der Waals surface area contributed by atoms with Crippen molar-refractivity contribution in [1.82, 2.24) is 9.62 Å². The number of likely N-dealkylation sites (N-methyl/N-ethyl adjacent to an activating group) is 1. The number of nitrogens with one attached hydrogen (secondary N) is 1. The highest BCUT2D eigenvalue weighted by molar-refractivity contribution is 7.89. The minimum atomic E-state index is -3.49. The van der Waals surface area contributed by atoms with Crippen LogP contribution in [0.3, 0.4) is 0 Å². The van der Waals surface area contributed by atoms with E-state index in [1.165, 1.54) is 24.2 Å². The highest BCUT2D eigenvalue weighted by Gasteiger charge is 2.26. The van der Waals surface area contributed by atoms with Crippen LogP contribution in [-0.2, 0) is 16.6 Å². The molecule has 1 heterocycles. The number of hydrogen-bond acceptors (Lipinski definition) is 4.